The number of nitrogens with zero attached hydrogens (tertiary/aromatic N) is 5. The molecule has 2 N–H and O–H groups in total. The average molecular weight is 796 g/mol. The van der Waals surface area contributed by atoms with Crippen LogP contribution in [0.25, 0.3) is 22.2 Å². The Kier molecular flexibility index (Phi) is 11.7. The zero-order chi connectivity index (χ0) is 39.7. The standard InChI is InChI=1S/C40H48F3N7O5S/c1-4-55-36(51)24-50-25(2)20-47(21-26(50)3)22-27-11-14-48(15-12-27)31-7-5-28(6-8-31)29-17-32-33(19-45-40(32)44-18-29)39(52)37-34(42)9-10-35(38(37)43)46-56(53,54)49-16-13-30(41)23-49/h5-10,17-19,25-27,30,46H,4,11-16,20-24H2,1-3H3,(H,44,45)/t25-,26+,30-/m1/s1. The molecule has 300 valence electrons. The first kappa shape index (κ1) is 39.7. The Morgan fingerprint density at radius 3 is 2.34 bits per heavy atom. The molecule has 0 bridgehead atoms. The third-order valence-corrected chi connectivity index (χ3v) is 12.7. The lowest BCUT2D eigenvalue weighted by Gasteiger charge is -2.45. The fourth-order valence-corrected chi connectivity index (χ4v) is 9.59. The molecule has 16 heteroatoms. The van der Waals surface area contributed by atoms with Gasteiger partial charge in [-0.25, -0.2) is 18.2 Å². The number of ketones is 1. The normalized spacial score (nSPS) is 21.8. The number of aromatic amines is 1. The molecule has 0 spiro atoms. The number of H-pyrrole nitrogens is 1. The van der Waals surface area contributed by atoms with Crippen molar-refractivity contribution >= 4 is 44.4 Å². The summed E-state index contributed by atoms with van der Waals surface area (Å²) in [5.41, 5.74) is 1.40. The predicted molar refractivity (Wildman–Crippen MR) is 209 cm³/mol. The van der Waals surface area contributed by atoms with Gasteiger partial charge < -0.3 is 14.6 Å². The van der Waals surface area contributed by atoms with Crippen molar-refractivity contribution in [2.45, 2.75) is 58.3 Å². The van der Waals surface area contributed by atoms with Gasteiger partial charge in [-0.15, -0.1) is 0 Å². The number of esters is 1. The van der Waals surface area contributed by atoms with Crippen molar-refractivity contribution in [2.75, 3.05) is 68.6 Å². The number of rotatable bonds is 12. The van der Waals surface area contributed by atoms with Gasteiger partial charge in [0.05, 0.1) is 24.4 Å². The van der Waals surface area contributed by atoms with E-state index in [0.717, 1.165) is 73.3 Å². The quantitative estimate of drug-likeness (QED) is 0.139. The van der Waals surface area contributed by atoms with Crippen molar-refractivity contribution in [1.82, 2.24) is 24.1 Å². The average Bonchev–Trinajstić information content (AvgIpc) is 3.81. The molecular formula is C40H48F3N7O5S. The number of halogens is 3. The molecule has 2 aromatic heterocycles. The Morgan fingerprint density at radius 2 is 1.68 bits per heavy atom. The van der Waals surface area contributed by atoms with E-state index in [0.29, 0.717) is 35.7 Å². The second kappa shape index (κ2) is 16.5. The number of pyridine rings is 1. The smallest absolute Gasteiger partial charge is 0.320 e. The lowest BCUT2D eigenvalue weighted by molar-refractivity contribution is -0.146. The van der Waals surface area contributed by atoms with Crippen LogP contribution in [0.3, 0.4) is 0 Å². The fourth-order valence-electron chi connectivity index (χ4n) is 8.32. The second-order valence-corrected chi connectivity index (χ2v) is 16.8. The minimum atomic E-state index is -4.34. The Morgan fingerprint density at radius 1 is 0.964 bits per heavy atom. The number of hydrogen-bond acceptors (Lipinski definition) is 9. The van der Waals surface area contributed by atoms with Crippen LogP contribution in [0.15, 0.2) is 54.9 Å². The zero-order valence-electron chi connectivity index (χ0n) is 31.8. The van der Waals surface area contributed by atoms with Crippen LogP contribution in [0.5, 0.6) is 0 Å². The maximum Gasteiger partial charge on any atom is 0.320 e. The number of piperazine rings is 1. The summed E-state index contributed by atoms with van der Waals surface area (Å²) in [5.74, 6) is -3.10. The fraction of sp³-hybridized carbons (Fsp3) is 0.475. The molecule has 3 atom stereocenters. The summed E-state index contributed by atoms with van der Waals surface area (Å²) in [7, 11) is -4.34. The van der Waals surface area contributed by atoms with E-state index in [9.17, 15) is 22.4 Å². The molecule has 56 heavy (non-hydrogen) atoms. The van der Waals surface area contributed by atoms with Gasteiger partial charge in [-0.3, -0.25) is 24.1 Å². The number of ether oxygens (including phenoxy) is 1. The summed E-state index contributed by atoms with van der Waals surface area (Å²) < 4.78 is 78.0. The largest absolute Gasteiger partial charge is 0.465 e. The third kappa shape index (κ3) is 8.43. The van der Waals surface area contributed by atoms with Crippen LogP contribution < -0.4 is 9.62 Å². The minimum absolute atomic E-state index is 0.0116. The summed E-state index contributed by atoms with van der Waals surface area (Å²) in [4.78, 5) is 40.3. The number of piperidine rings is 1. The maximum atomic E-state index is 15.7. The summed E-state index contributed by atoms with van der Waals surface area (Å²) >= 11 is 0. The van der Waals surface area contributed by atoms with Crippen molar-refractivity contribution < 1.29 is 35.9 Å². The van der Waals surface area contributed by atoms with E-state index in [2.05, 4.69) is 50.6 Å². The highest BCUT2D eigenvalue weighted by Gasteiger charge is 2.34. The van der Waals surface area contributed by atoms with Gasteiger partial charge in [0.1, 0.15) is 17.6 Å². The second-order valence-electron chi connectivity index (χ2n) is 15.2. The van der Waals surface area contributed by atoms with E-state index in [1.165, 1.54) is 6.20 Å². The van der Waals surface area contributed by atoms with Gasteiger partial charge >= 0.3 is 16.2 Å². The number of hydrogen-bond donors (Lipinski definition) is 2. The Balaban J connectivity index is 0.990. The molecule has 5 heterocycles. The number of fused-ring (bicyclic) bond motifs is 1. The van der Waals surface area contributed by atoms with Crippen molar-refractivity contribution in [3.05, 3.63) is 77.6 Å². The van der Waals surface area contributed by atoms with Crippen molar-refractivity contribution in [2.24, 2.45) is 5.92 Å². The first-order chi connectivity index (χ1) is 26.8. The number of aromatic nitrogens is 2. The molecule has 3 aliphatic rings. The van der Waals surface area contributed by atoms with Crippen LogP contribution >= 0.6 is 0 Å². The van der Waals surface area contributed by atoms with E-state index >= 15 is 8.78 Å². The van der Waals surface area contributed by atoms with Crippen LogP contribution in [0.2, 0.25) is 0 Å². The SMILES string of the molecule is CCOC(=O)CN1[C@H](C)CN(CC2CCN(c3ccc(-c4cnc5[nH]cc(C(=O)c6c(F)ccc(NS(=O)(=O)N7CC[C@@H](F)C7)c6F)c5c4)cc3)CC2)C[C@@H]1C. The molecule has 3 aliphatic heterocycles. The number of anilines is 2. The third-order valence-electron chi connectivity index (χ3n) is 11.3. The van der Waals surface area contributed by atoms with E-state index in [4.69, 9.17) is 4.74 Å². The zero-order valence-corrected chi connectivity index (χ0v) is 32.6. The number of carbonyl (C=O) groups is 2. The summed E-state index contributed by atoms with van der Waals surface area (Å²) in [6.07, 6.45) is 3.80. The minimum Gasteiger partial charge on any atom is -0.465 e. The van der Waals surface area contributed by atoms with Gasteiger partial charge in [0.25, 0.3) is 0 Å². The van der Waals surface area contributed by atoms with Crippen molar-refractivity contribution in [3.8, 4) is 11.1 Å². The topological polar surface area (TPSA) is 131 Å². The molecule has 0 amide bonds. The van der Waals surface area contributed by atoms with Gasteiger partial charge in [-0.2, -0.15) is 12.7 Å². The van der Waals surface area contributed by atoms with Gasteiger partial charge in [-0.05, 0) is 81.8 Å². The highest BCUT2D eigenvalue weighted by Crippen LogP contribution is 2.32. The number of carbonyl (C=O) groups excluding carboxylic acids is 2. The van der Waals surface area contributed by atoms with E-state index < -0.39 is 45.0 Å². The Hall–Kier alpha value is -4.51. The summed E-state index contributed by atoms with van der Waals surface area (Å²) in [5, 5.41) is 0.346. The van der Waals surface area contributed by atoms with Crippen LogP contribution in [-0.4, -0.2) is 121 Å². The molecular weight excluding hydrogens is 748 g/mol. The lowest BCUT2D eigenvalue weighted by atomic mass is 9.94. The van der Waals surface area contributed by atoms with Gasteiger partial charge in [0.2, 0.25) is 5.78 Å². The van der Waals surface area contributed by atoms with Crippen LogP contribution in [-0.2, 0) is 19.7 Å². The molecule has 2 aromatic carbocycles. The highest BCUT2D eigenvalue weighted by atomic mass is 32.2. The lowest BCUT2D eigenvalue weighted by Crippen LogP contribution is -2.58. The predicted octanol–water partition coefficient (Wildman–Crippen LogP) is 5.61. The summed E-state index contributed by atoms with van der Waals surface area (Å²) in [6.45, 7) is 11.2. The molecule has 12 nitrogen and oxygen atoms in total. The molecule has 0 unspecified atom stereocenters. The first-order valence-electron chi connectivity index (χ1n) is 19.2. The molecule has 0 saturated carbocycles. The Labute approximate surface area is 325 Å². The van der Waals surface area contributed by atoms with Crippen molar-refractivity contribution in [1.29, 1.82) is 0 Å². The number of alkyl halides is 1. The molecule has 0 aliphatic carbocycles. The maximum absolute atomic E-state index is 15.7. The molecule has 0 radical (unpaired) electrons. The van der Waals surface area contributed by atoms with Gasteiger partial charge in [-0.1, -0.05) is 12.1 Å². The Bertz CT molecular complexity index is 2170. The molecule has 3 fully saturated rings. The highest BCUT2D eigenvalue weighted by molar-refractivity contribution is 7.90. The number of nitrogens with one attached hydrogen (secondary N) is 2. The molecule has 3 saturated heterocycles. The van der Waals surface area contributed by atoms with E-state index in [1.807, 2.05) is 23.8 Å². The first-order valence-corrected chi connectivity index (χ1v) is 20.7. The van der Waals surface area contributed by atoms with E-state index in [-0.39, 0.29) is 43.1 Å². The van der Waals surface area contributed by atoms with Gasteiger partial charge in [0.15, 0.2) is 5.82 Å². The van der Waals surface area contributed by atoms with Crippen LogP contribution in [0, 0.1) is 17.6 Å². The molecule has 7 rings (SSSR count). The van der Waals surface area contributed by atoms with E-state index in [1.54, 1.807) is 12.3 Å². The molecule has 4 aromatic rings. The monoisotopic (exact) mass is 795 g/mol. The van der Waals surface area contributed by atoms with Crippen molar-refractivity contribution in [3.63, 3.8) is 0 Å². The summed E-state index contributed by atoms with van der Waals surface area (Å²) in [6, 6.07) is 12.1. The van der Waals surface area contributed by atoms with Gasteiger partial charge in [0, 0.05) is 92.5 Å². The number of benzene rings is 2. The van der Waals surface area contributed by atoms with Crippen LogP contribution in [0.4, 0.5) is 24.5 Å². The van der Waals surface area contributed by atoms with Crippen LogP contribution in [0.1, 0.15) is 56.0 Å².